The molecular weight excluding hydrogens is 322 g/mol. The molecule has 25 heavy (non-hydrogen) atoms. The molecule has 2 aromatic carbocycles. The van der Waals surface area contributed by atoms with Crippen molar-refractivity contribution >= 4 is 17.3 Å². The molecule has 0 spiro atoms. The predicted octanol–water partition coefficient (Wildman–Crippen LogP) is 3.13. The number of benzene rings is 2. The molecule has 0 radical (unpaired) electrons. The molecule has 0 saturated heterocycles. The standard InChI is InChI=1S/C18H19N3O4/c1-12-7-8-13(2)17(9-12)25-11-18(22)20-19-14(3)15-5-4-6-16(10-15)21(23)24/h4-10H,11H2,1-3H3,(H,20,22)/b19-14-. The van der Waals surface area contributed by atoms with Crippen molar-refractivity contribution in [2.24, 2.45) is 5.10 Å². The first-order chi connectivity index (χ1) is 11.9. The van der Waals surface area contributed by atoms with Gasteiger partial charge in [-0.05, 0) is 38.0 Å². The molecular formula is C18H19N3O4. The van der Waals surface area contributed by atoms with Crippen LogP contribution in [0.2, 0.25) is 0 Å². The van der Waals surface area contributed by atoms with Crippen molar-refractivity contribution in [3.63, 3.8) is 0 Å². The summed E-state index contributed by atoms with van der Waals surface area (Å²) in [6.07, 6.45) is 0. The van der Waals surface area contributed by atoms with Crippen molar-refractivity contribution in [1.82, 2.24) is 5.43 Å². The van der Waals surface area contributed by atoms with E-state index in [1.165, 1.54) is 12.1 Å². The first-order valence-corrected chi connectivity index (χ1v) is 7.65. The van der Waals surface area contributed by atoms with Crippen molar-refractivity contribution in [2.45, 2.75) is 20.8 Å². The number of ether oxygens (including phenoxy) is 1. The number of carbonyl (C=O) groups is 1. The van der Waals surface area contributed by atoms with Crippen molar-refractivity contribution < 1.29 is 14.5 Å². The molecule has 7 heteroatoms. The van der Waals surface area contributed by atoms with Crippen LogP contribution in [0.5, 0.6) is 5.75 Å². The molecule has 0 fully saturated rings. The number of amides is 1. The number of hydrogen-bond donors (Lipinski definition) is 1. The largest absolute Gasteiger partial charge is 0.483 e. The topological polar surface area (TPSA) is 93.8 Å². The van der Waals surface area contributed by atoms with Gasteiger partial charge in [0.2, 0.25) is 0 Å². The van der Waals surface area contributed by atoms with E-state index in [2.05, 4.69) is 10.5 Å². The van der Waals surface area contributed by atoms with Gasteiger partial charge in [0.05, 0.1) is 10.6 Å². The Balaban J connectivity index is 1.96. The van der Waals surface area contributed by atoms with Crippen molar-refractivity contribution in [3.8, 4) is 5.75 Å². The number of non-ortho nitro benzene ring substituents is 1. The van der Waals surface area contributed by atoms with Gasteiger partial charge in [0.25, 0.3) is 11.6 Å². The smallest absolute Gasteiger partial charge is 0.277 e. The Hall–Kier alpha value is -3.22. The number of carbonyl (C=O) groups excluding carboxylic acids is 1. The molecule has 0 saturated carbocycles. The number of aryl methyl sites for hydroxylation is 2. The lowest BCUT2D eigenvalue weighted by Crippen LogP contribution is -2.25. The fourth-order valence-electron chi connectivity index (χ4n) is 2.09. The lowest BCUT2D eigenvalue weighted by Gasteiger charge is -2.09. The molecule has 0 aromatic heterocycles. The minimum Gasteiger partial charge on any atom is -0.483 e. The van der Waals surface area contributed by atoms with Crippen LogP contribution in [0.15, 0.2) is 47.6 Å². The number of nitro groups is 1. The van der Waals surface area contributed by atoms with Gasteiger partial charge in [-0.15, -0.1) is 0 Å². The van der Waals surface area contributed by atoms with E-state index >= 15 is 0 Å². The van der Waals surface area contributed by atoms with Gasteiger partial charge in [-0.25, -0.2) is 5.43 Å². The quantitative estimate of drug-likeness (QED) is 0.496. The third-order valence-corrected chi connectivity index (χ3v) is 3.53. The molecule has 1 amide bonds. The normalized spacial score (nSPS) is 11.1. The highest BCUT2D eigenvalue weighted by Crippen LogP contribution is 2.18. The minimum absolute atomic E-state index is 0.0309. The summed E-state index contributed by atoms with van der Waals surface area (Å²) in [5, 5.41) is 14.8. The zero-order chi connectivity index (χ0) is 18.4. The zero-order valence-electron chi connectivity index (χ0n) is 14.3. The number of nitrogens with one attached hydrogen (secondary N) is 1. The maximum atomic E-state index is 11.9. The third kappa shape index (κ3) is 5.13. The average Bonchev–Trinajstić information content (AvgIpc) is 2.60. The van der Waals surface area contributed by atoms with Crippen LogP contribution in [0.25, 0.3) is 0 Å². The first kappa shape index (κ1) is 18.1. The van der Waals surface area contributed by atoms with E-state index in [9.17, 15) is 14.9 Å². The van der Waals surface area contributed by atoms with Gasteiger partial charge in [-0.2, -0.15) is 5.10 Å². The molecule has 0 aliphatic heterocycles. The van der Waals surface area contributed by atoms with E-state index in [-0.39, 0.29) is 12.3 Å². The van der Waals surface area contributed by atoms with E-state index in [4.69, 9.17) is 4.74 Å². The van der Waals surface area contributed by atoms with Crippen LogP contribution >= 0.6 is 0 Å². The molecule has 1 N–H and O–H groups in total. The molecule has 130 valence electrons. The predicted molar refractivity (Wildman–Crippen MR) is 94.9 cm³/mol. The van der Waals surface area contributed by atoms with Gasteiger partial charge in [-0.1, -0.05) is 24.3 Å². The van der Waals surface area contributed by atoms with Gasteiger partial charge >= 0.3 is 0 Å². The van der Waals surface area contributed by atoms with Gasteiger partial charge in [0.1, 0.15) is 5.75 Å². The Morgan fingerprint density at radius 2 is 2.00 bits per heavy atom. The fourth-order valence-corrected chi connectivity index (χ4v) is 2.09. The molecule has 2 aromatic rings. The summed E-state index contributed by atoms with van der Waals surface area (Å²) in [5.74, 6) is 0.236. The first-order valence-electron chi connectivity index (χ1n) is 7.65. The molecule has 7 nitrogen and oxygen atoms in total. The van der Waals surface area contributed by atoms with Crippen LogP contribution in [0.4, 0.5) is 5.69 Å². The van der Waals surface area contributed by atoms with Crippen molar-refractivity contribution in [1.29, 1.82) is 0 Å². The summed E-state index contributed by atoms with van der Waals surface area (Å²) in [6, 6.07) is 11.8. The van der Waals surface area contributed by atoms with Gasteiger partial charge in [-0.3, -0.25) is 14.9 Å². The van der Waals surface area contributed by atoms with Gasteiger partial charge < -0.3 is 4.74 Å². The number of nitro benzene ring substituents is 1. The van der Waals surface area contributed by atoms with E-state index in [0.717, 1.165) is 11.1 Å². The second-order valence-electron chi connectivity index (χ2n) is 5.60. The molecule has 2 rings (SSSR count). The Morgan fingerprint density at radius 1 is 1.24 bits per heavy atom. The summed E-state index contributed by atoms with van der Waals surface area (Å²) in [4.78, 5) is 22.2. The van der Waals surface area contributed by atoms with Gasteiger partial charge in [0, 0.05) is 17.7 Å². The Morgan fingerprint density at radius 3 is 2.72 bits per heavy atom. The summed E-state index contributed by atoms with van der Waals surface area (Å²) in [7, 11) is 0. The highest BCUT2D eigenvalue weighted by atomic mass is 16.6. The van der Waals surface area contributed by atoms with Crippen LogP contribution in [-0.2, 0) is 4.79 Å². The second kappa shape index (κ2) is 8.05. The lowest BCUT2D eigenvalue weighted by atomic mass is 10.1. The highest BCUT2D eigenvalue weighted by molar-refractivity contribution is 5.99. The van der Waals surface area contributed by atoms with Gasteiger partial charge in [0.15, 0.2) is 6.61 Å². The number of rotatable bonds is 6. The van der Waals surface area contributed by atoms with Crippen LogP contribution in [0, 0.1) is 24.0 Å². The zero-order valence-corrected chi connectivity index (χ0v) is 14.3. The highest BCUT2D eigenvalue weighted by Gasteiger charge is 2.08. The van der Waals surface area contributed by atoms with E-state index < -0.39 is 10.8 Å². The van der Waals surface area contributed by atoms with Crippen LogP contribution < -0.4 is 10.2 Å². The molecule has 0 aliphatic rings. The van der Waals surface area contributed by atoms with Crippen LogP contribution in [0.1, 0.15) is 23.6 Å². The van der Waals surface area contributed by atoms with Crippen molar-refractivity contribution in [2.75, 3.05) is 6.61 Å². The van der Waals surface area contributed by atoms with Crippen LogP contribution in [0.3, 0.4) is 0 Å². The van der Waals surface area contributed by atoms with E-state index in [1.807, 2.05) is 32.0 Å². The van der Waals surface area contributed by atoms with Crippen LogP contribution in [-0.4, -0.2) is 23.1 Å². The fraction of sp³-hybridized carbons (Fsp3) is 0.222. The number of hydrogen-bond acceptors (Lipinski definition) is 5. The van der Waals surface area contributed by atoms with Crippen molar-refractivity contribution in [3.05, 3.63) is 69.3 Å². The molecule has 0 heterocycles. The Labute approximate surface area is 145 Å². The van der Waals surface area contributed by atoms with E-state index in [0.29, 0.717) is 17.0 Å². The molecule has 0 atom stereocenters. The third-order valence-electron chi connectivity index (χ3n) is 3.53. The SMILES string of the molecule is C/C(=N/NC(=O)COc1cc(C)ccc1C)c1cccc([N+](=O)[O-])c1. The molecule has 0 unspecified atom stereocenters. The summed E-state index contributed by atoms with van der Waals surface area (Å²) in [5.41, 5.74) is 5.36. The summed E-state index contributed by atoms with van der Waals surface area (Å²) < 4.78 is 5.50. The Bertz CT molecular complexity index is 831. The summed E-state index contributed by atoms with van der Waals surface area (Å²) in [6.45, 7) is 5.33. The minimum atomic E-state index is -0.479. The molecule has 0 bridgehead atoms. The monoisotopic (exact) mass is 341 g/mol. The molecule has 0 aliphatic carbocycles. The lowest BCUT2D eigenvalue weighted by molar-refractivity contribution is -0.384. The van der Waals surface area contributed by atoms with E-state index in [1.54, 1.807) is 19.1 Å². The number of hydrazone groups is 1. The second-order valence-corrected chi connectivity index (χ2v) is 5.60. The Kier molecular flexibility index (Phi) is 5.84. The summed E-state index contributed by atoms with van der Waals surface area (Å²) >= 11 is 0. The average molecular weight is 341 g/mol. The maximum absolute atomic E-state index is 11.9. The number of nitrogens with zero attached hydrogens (tertiary/aromatic N) is 2. The maximum Gasteiger partial charge on any atom is 0.277 e.